The molecular formula is C14H25N3OS. The first kappa shape index (κ1) is 16.1. The van der Waals surface area contributed by atoms with Gasteiger partial charge in [-0.25, -0.2) is 4.98 Å². The van der Waals surface area contributed by atoms with E-state index in [4.69, 9.17) is 0 Å². The summed E-state index contributed by atoms with van der Waals surface area (Å²) in [5.41, 5.74) is 1.17. The summed E-state index contributed by atoms with van der Waals surface area (Å²) in [5, 5.41) is 9.37. The molecule has 5 heteroatoms. The summed E-state index contributed by atoms with van der Waals surface area (Å²) in [6, 6.07) is 0. The standard InChI is InChI=1S/C14H25N3OS/c1-5-7-16-12(18)6-8-15-9-11-10-19-13(17-11)14(2,3)4/h10,15H,5-9H2,1-4H3,(H,16,18). The van der Waals surface area contributed by atoms with Crippen molar-refractivity contribution in [1.29, 1.82) is 0 Å². The molecule has 108 valence electrons. The van der Waals surface area contributed by atoms with Crippen LogP contribution in [0.4, 0.5) is 0 Å². The molecule has 1 aromatic rings. The van der Waals surface area contributed by atoms with Crippen molar-refractivity contribution in [1.82, 2.24) is 15.6 Å². The number of nitrogens with zero attached hydrogens (tertiary/aromatic N) is 1. The van der Waals surface area contributed by atoms with Gasteiger partial charge in [-0.2, -0.15) is 0 Å². The first-order valence-corrected chi connectivity index (χ1v) is 7.73. The van der Waals surface area contributed by atoms with Crippen molar-refractivity contribution in [2.75, 3.05) is 13.1 Å². The van der Waals surface area contributed by atoms with E-state index in [9.17, 15) is 4.79 Å². The molecular weight excluding hydrogens is 258 g/mol. The van der Waals surface area contributed by atoms with Gasteiger partial charge in [0.25, 0.3) is 0 Å². The van der Waals surface area contributed by atoms with Gasteiger partial charge in [0, 0.05) is 36.9 Å². The van der Waals surface area contributed by atoms with Crippen LogP contribution in [-0.2, 0) is 16.8 Å². The Labute approximate surface area is 120 Å². The number of aromatic nitrogens is 1. The van der Waals surface area contributed by atoms with Crippen LogP contribution in [0.2, 0.25) is 0 Å². The zero-order valence-corrected chi connectivity index (χ0v) is 13.2. The van der Waals surface area contributed by atoms with E-state index in [1.54, 1.807) is 11.3 Å². The highest BCUT2D eigenvalue weighted by Crippen LogP contribution is 2.25. The number of carbonyl (C=O) groups excluding carboxylic acids is 1. The van der Waals surface area contributed by atoms with Gasteiger partial charge in [0.2, 0.25) is 5.91 Å². The molecule has 4 nitrogen and oxygen atoms in total. The van der Waals surface area contributed by atoms with Gasteiger partial charge in [0.1, 0.15) is 0 Å². The maximum Gasteiger partial charge on any atom is 0.221 e. The second-order valence-corrected chi connectivity index (χ2v) is 6.53. The molecule has 1 heterocycles. The average molecular weight is 283 g/mol. The summed E-state index contributed by atoms with van der Waals surface area (Å²) >= 11 is 1.70. The minimum Gasteiger partial charge on any atom is -0.356 e. The largest absolute Gasteiger partial charge is 0.356 e. The highest BCUT2D eigenvalue weighted by atomic mass is 32.1. The third-order valence-corrected chi connectivity index (χ3v) is 3.92. The van der Waals surface area contributed by atoms with Crippen molar-refractivity contribution in [3.8, 4) is 0 Å². The normalized spacial score (nSPS) is 11.6. The first-order chi connectivity index (χ1) is 8.93. The number of hydrogen-bond acceptors (Lipinski definition) is 4. The van der Waals surface area contributed by atoms with Crippen LogP contribution in [0.1, 0.15) is 51.2 Å². The SMILES string of the molecule is CCCNC(=O)CCNCc1csc(C(C)(C)C)n1. The van der Waals surface area contributed by atoms with E-state index < -0.39 is 0 Å². The summed E-state index contributed by atoms with van der Waals surface area (Å²) in [4.78, 5) is 16.0. The van der Waals surface area contributed by atoms with E-state index in [-0.39, 0.29) is 11.3 Å². The number of thiazole rings is 1. The molecule has 1 amide bonds. The van der Waals surface area contributed by atoms with Crippen molar-refractivity contribution in [2.45, 2.75) is 52.5 Å². The van der Waals surface area contributed by atoms with Crippen molar-refractivity contribution < 1.29 is 4.79 Å². The maximum atomic E-state index is 11.4. The zero-order chi connectivity index (χ0) is 14.3. The van der Waals surface area contributed by atoms with E-state index in [1.807, 2.05) is 6.92 Å². The molecule has 2 N–H and O–H groups in total. The van der Waals surface area contributed by atoms with Crippen LogP contribution < -0.4 is 10.6 Å². The monoisotopic (exact) mass is 283 g/mol. The van der Waals surface area contributed by atoms with Gasteiger partial charge in [-0.1, -0.05) is 27.7 Å². The van der Waals surface area contributed by atoms with E-state index in [0.717, 1.165) is 30.2 Å². The topological polar surface area (TPSA) is 54.0 Å². The molecule has 19 heavy (non-hydrogen) atoms. The molecule has 0 atom stereocenters. The number of hydrogen-bond donors (Lipinski definition) is 2. The predicted molar refractivity (Wildman–Crippen MR) is 80.4 cm³/mol. The van der Waals surface area contributed by atoms with Crippen LogP contribution in [0.3, 0.4) is 0 Å². The summed E-state index contributed by atoms with van der Waals surface area (Å²) in [7, 11) is 0. The molecule has 1 aromatic heterocycles. The third-order valence-electron chi connectivity index (χ3n) is 2.60. The Balaban J connectivity index is 2.23. The fraction of sp³-hybridized carbons (Fsp3) is 0.714. The van der Waals surface area contributed by atoms with E-state index in [2.05, 4.69) is 41.8 Å². The number of carbonyl (C=O) groups is 1. The Morgan fingerprint density at radius 2 is 2.11 bits per heavy atom. The average Bonchev–Trinajstić information content (AvgIpc) is 2.80. The quantitative estimate of drug-likeness (QED) is 0.756. The van der Waals surface area contributed by atoms with Gasteiger partial charge in [-0.05, 0) is 6.42 Å². The molecule has 0 radical (unpaired) electrons. The van der Waals surface area contributed by atoms with Crippen molar-refractivity contribution in [3.63, 3.8) is 0 Å². The summed E-state index contributed by atoms with van der Waals surface area (Å²) < 4.78 is 0. The minimum atomic E-state index is 0.114. The smallest absolute Gasteiger partial charge is 0.221 e. The fourth-order valence-corrected chi connectivity index (χ4v) is 2.41. The van der Waals surface area contributed by atoms with Crippen LogP contribution >= 0.6 is 11.3 Å². The molecule has 0 saturated carbocycles. The van der Waals surface area contributed by atoms with Crippen molar-refractivity contribution >= 4 is 17.2 Å². The highest BCUT2D eigenvalue weighted by molar-refractivity contribution is 7.09. The van der Waals surface area contributed by atoms with Crippen LogP contribution in [-0.4, -0.2) is 24.0 Å². The lowest BCUT2D eigenvalue weighted by molar-refractivity contribution is -0.120. The van der Waals surface area contributed by atoms with Gasteiger partial charge in [0.05, 0.1) is 10.7 Å². The third kappa shape index (κ3) is 6.16. The lowest BCUT2D eigenvalue weighted by Crippen LogP contribution is -2.28. The number of nitrogens with one attached hydrogen (secondary N) is 2. The summed E-state index contributed by atoms with van der Waals surface area (Å²) in [6.07, 6.45) is 1.50. The maximum absolute atomic E-state index is 11.4. The molecule has 0 aliphatic carbocycles. The number of rotatable bonds is 7. The van der Waals surface area contributed by atoms with Gasteiger partial charge in [0.15, 0.2) is 0 Å². The molecule has 0 unspecified atom stereocenters. The second kappa shape index (κ2) is 7.60. The Hall–Kier alpha value is -0.940. The molecule has 0 spiro atoms. The lowest BCUT2D eigenvalue weighted by atomic mass is 9.98. The van der Waals surface area contributed by atoms with E-state index in [0.29, 0.717) is 13.0 Å². The zero-order valence-electron chi connectivity index (χ0n) is 12.4. The van der Waals surface area contributed by atoms with Gasteiger partial charge in [-0.15, -0.1) is 11.3 Å². The second-order valence-electron chi connectivity index (χ2n) is 5.67. The van der Waals surface area contributed by atoms with E-state index >= 15 is 0 Å². The van der Waals surface area contributed by atoms with Crippen LogP contribution in [0.15, 0.2) is 5.38 Å². The summed E-state index contributed by atoms with van der Waals surface area (Å²) in [6.45, 7) is 10.7. The van der Waals surface area contributed by atoms with Crippen molar-refractivity contribution in [3.05, 3.63) is 16.1 Å². The highest BCUT2D eigenvalue weighted by Gasteiger charge is 2.17. The molecule has 0 fully saturated rings. The fourth-order valence-electron chi connectivity index (χ4n) is 1.50. The molecule has 0 bridgehead atoms. The van der Waals surface area contributed by atoms with Crippen LogP contribution in [0.5, 0.6) is 0 Å². The van der Waals surface area contributed by atoms with E-state index in [1.165, 1.54) is 0 Å². The number of amides is 1. The Morgan fingerprint density at radius 1 is 1.37 bits per heavy atom. The molecule has 0 aliphatic heterocycles. The van der Waals surface area contributed by atoms with Gasteiger partial charge < -0.3 is 10.6 Å². The molecule has 1 rings (SSSR count). The minimum absolute atomic E-state index is 0.114. The molecule has 0 aromatic carbocycles. The lowest BCUT2D eigenvalue weighted by Gasteiger charge is -2.13. The predicted octanol–water partition coefficient (Wildman–Crippen LogP) is 2.45. The van der Waals surface area contributed by atoms with Crippen molar-refractivity contribution in [2.24, 2.45) is 0 Å². The van der Waals surface area contributed by atoms with Crippen LogP contribution in [0.25, 0.3) is 0 Å². The Morgan fingerprint density at radius 3 is 2.68 bits per heavy atom. The molecule has 0 aliphatic rings. The molecule has 0 saturated heterocycles. The first-order valence-electron chi connectivity index (χ1n) is 6.85. The van der Waals surface area contributed by atoms with Crippen LogP contribution in [0, 0.1) is 0 Å². The Kier molecular flexibility index (Phi) is 6.45. The Bertz CT molecular complexity index is 396. The van der Waals surface area contributed by atoms with Gasteiger partial charge >= 0.3 is 0 Å². The van der Waals surface area contributed by atoms with Gasteiger partial charge in [-0.3, -0.25) is 4.79 Å². The summed E-state index contributed by atoms with van der Waals surface area (Å²) in [5.74, 6) is 0.114.